The van der Waals surface area contributed by atoms with E-state index in [1.54, 1.807) is 0 Å². The molecule has 37 heavy (non-hydrogen) atoms. The lowest BCUT2D eigenvalue weighted by Crippen LogP contribution is -2.58. The van der Waals surface area contributed by atoms with E-state index in [1.807, 2.05) is 9.80 Å². The van der Waals surface area contributed by atoms with E-state index in [1.165, 1.54) is 20.8 Å². The molecule has 2 fully saturated rings. The molecule has 0 spiro atoms. The van der Waals surface area contributed by atoms with Crippen LogP contribution in [0.15, 0.2) is 0 Å². The van der Waals surface area contributed by atoms with Crippen molar-refractivity contribution in [2.45, 2.75) is 37.4 Å². The summed E-state index contributed by atoms with van der Waals surface area (Å²) in [4.78, 5) is 34.1. The standard InChI is InChI=1S/C12H24N4O6.C4H10N2.C4H9NO4/c1-11(9-17,15(19)20)7-13-3-5-14(6-4-13)8-12(2,10-18)16(21)22;1-2-6-4-3-5-1;1-4(2-6,3-7)5(8)9/h17-18H,3-10H2,1-2H3;5-6H,1-4H2;6-7H,2-3H2,1H3. The van der Waals surface area contributed by atoms with E-state index in [2.05, 4.69) is 10.6 Å². The molecule has 0 amide bonds. The minimum absolute atomic E-state index is 0.136. The molecule has 2 heterocycles. The fourth-order valence-electron chi connectivity index (χ4n) is 3.17. The average Bonchev–Trinajstić information content (AvgIpc) is 2.90. The monoisotopic (exact) mass is 541 g/mol. The number of hydrogen-bond donors (Lipinski definition) is 6. The Balaban J connectivity index is 0.000000701. The molecule has 0 aromatic rings. The zero-order valence-electron chi connectivity index (χ0n) is 21.9. The first-order valence-corrected chi connectivity index (χ1v) is 12.0. The third kappa shape index (κ3) is 11.9. The molecule has 218 valence electrons. The summed E-state index contributed by atoms with van der Waals surface area (Å²) in [5.41, 5.74) is -4.38. The number of aliphatic hydroxyl groups excluding tert-OH is 4. The number of aliphatic hydroxyl groups is 4. The van der Waals surface area contributed by atoms with Crippen molar-refractivity contribution in [2.24, 2.45) is 0 Å². The zero-order chi connectivity index (χ0) is 28.7. The van der Waals surface area contributed by atoms with Crippen LogP contribution in [-0.2, 0) is 0 Å². The largest absolute Gasteiger partial charge is 0.389 e. The highest BCUT2D eigenvalue weighted by Crippen LogP contribution is 2.16. The van der Waals surface area contributed by atoms with Crippen molar-refractivity contribution in [3.05, 3.63) is 30.3 Å². The van der Waals surface area contributed by atoms with E-state index < -0.39 is 57.8 Å². The van der Waals surface area contributed by atoms with Crippen molar-refractivity contribution < 1.29 is 35.2 Å². The molecule has 2 unspecified atom stereocenters. The molecule has 2 aliphatic rings. The first-order chi connectivity index (χ1) is 17.2. The average molecular weight is 542 g/mol. The quantitative estimate of drug-likeness (QED) is 0.112. The third-order valence-electron chi connectivity index (χ3n) is 6.24. The summed E-state index contributed by atoms with van der Waals surface area (Å²) in [7, 11) is 0. The van der Waals surface area contributed by atoms with Crippen molar-refractivity contribution in [1.82, 2.24) is 20.4 Å². The number of nitrogens with zero attached hydrogens (tertiary/aromatic N) is 5. The fraction of sp³-hybridized carbons (Fsp3) is 1.00. The van der Waals surface area contributed by atoms with E-state index in [0.29, 0.717) is 26.2 Å². The second-order valence-corrected chi connectivity index (χ2v) is 9.95. The number of hydrogen-bond acceptors (Lipinski definition) is 14. The molecule has 0 radical (unpaired) electrons. The molecular weight excluding hydrogens is 498 g/mol. The summed E-state index contributed by atoms with van der Waals surface area (Å²) < 4.78 is 0. The summed E-state index contributed by atoms with van der Waals surface area (Å²) in [5, 5.41) is 73.5. The highest BCUT2D eigenvalue weighted by Gasteiger charge is 2.42. The SMILES string of the molecule is C1CNCCN1.CC(CO)(CN1CCN(CC(C)(CO)[N+](=O)[O-])CC1)[N+](=O)[O-].CC(CO)(CO)[N+](=O)[O-]. The lowest BCUT2D eigenvalue weighted by molar-refractivity contribution is -0.572. The van der Waals surface area contributed by atoms with Gasteiger partial charge < -0.3 is 31.1 Å². The molecule has 2 saturated heterocycles. The molecule has 0 aliphatic carbocycles. The van der Waals surface area contributed by atoms with Crippen LogP contribution in [0.1, 0.15) is 20.8 Å². The predicted molar refractivity (Wildman–Crippen MR) is 133 cm³/mol. The predicted octanol–water partition coefficient (Wildman–Crippen LogP) is -3.15. The van der Waals surface area contributed by atoms with Gasteiger partial charge in [-0.1, -0.05) is 0 Å². The zero-order valence-corrected chi connectivity index (χ0v) is 21.9. The molecule has 2 atom stereocenters. The smallest absolute Gasteiger partial charge is 0.264 e. The lowest BCUT2D eigenvalue weighted by Gasteiger charge is -2.38. The van der Waals surface area contributed by atoms with Crippen LogP contribution in [0.2, 0.25) is 0 Å². The lowest BCUT2D eigenvalue weighted by atomic mass is 10.0. The van der Waals surface area contributed by atoms with E-state index in [-0.39, 0.29) is 13.1 Å². The molecule has 6 N–H and O–H groups in total. The molecular formula is C20H43N7O10. The van der Waals surface area contributed by atoms with Crippen LogP contribution in [0.5, 0.6) is 0 Å². The number of nitro groups is 3. The van der Waals surface area contributed by atoms with Gasteiger partial charge in [0.1, 0.15) is 26.4 Å². The third-order valence-corrected chi connectivity index (χ3v) is 6.24. The Hall–Kier alpha value is -2.12. The van der Waals surface area contributed by atoms with E-state index in [0.717, 1.165) is 26.2 Å². The molecule has 17 heteroatoms. The Kier molecular flexibility index (Phi) is 15.7. The van der Waals surface area contributed by atoms with E-state index in [4.69, 9.17) is 10.2 Å². The Labute approximate surface area is 215 Å². The fourth-order valence-corrected chi connectivity index (χ4v) is 3.17. The molecule has 0 aromatic carbocycles. The first-order valence-electron chi connectivity index (χ1n) is 12.0. The van der Waals surface area contributed by atoms with Gasteiger partial charge in [0.05, 0.1) is 13.1 Å². The molecule has 17 nitrogen and oxygen atoms in total. The van der Waals surface area contributed by atoms with Gasteiger partial charge in [0, 0.05) is 87.9 Å². The van der Waals surface area contributed by atoms with Crippen molar-refractivity contribution in [1.29, 1.82) is 0 Å². The van der Waals surface area contributed by atoms with Gasteiger partial charge in [-0.05, 0) is 0 Å². The van der Waals surface area contributed by atoms with Crippen LogP contribution in [-0.4, -0.2) is 153 Å². The van der Waals surface area contributed by atoms with Gasteiger partial charge in [0.15, 0.2) is 0 Å². The Bertz CT molecular complexity index is 653. The normalized spacial score (nSPS) is 20.2. The van der Waals surface area contributed by atoms with Crippen LogP contribution in [0.3, 0.4) is 0 Å². The first kappa shape index (κ1) is 34.9. The van der Waals surface area contributed by atoms with Crippen LogP contribution >= 0.6 is 0 Å². The van der Waals surface area contributed by atoms with Crippen molar-refractivity contribution >= 4 is 0 Å². The maximum Gasteiger partial charge on any atom is 0.264 e. The van der Waals surface area contributed by atoms with E-state index >= 15 is 0 Å². The summed E-state index contributed by atoms with van der Waals surface area (Å²) >= 11 is 0. The summed E-state index contributed by atoms with van der Waals surface area (Å²) in [6.07, 6.45) is 0. The van der Waals surface area contributed by atoms with Gasteiger partial charge in [0.2, 0.25) is 0 Å². The van der Waals surface area contributed by atoms with Gasteiger partial charge in [-0.2, -0.15) is 0 Å². The topological polar surface area (TPSA) is 241 Å². The summed E-state index contributed by atoms with van der Waals surface area (Å²) in [5.74, 6) is 0. The summed E-state index contributed by atoms with van der Waals surface area (Å²) in [6, 6.07) is 0. The van der Waals surface area contributed by atoms with Gasteiger partial charge in [-0.3, -0.25) is 40.1 Å². The Morgan fingerprint density at radius 3 is 0.973 bits per heavy atom. The van der Waals surface area contributed by atoms with Crippen LogP contribution in [0.4, 0.5) is 0 Å². The molecule has 0 saturated carbocycles. The van der Waals surface area contributed by atoms with Gasteiger partial charge >= 0.3 is 0 Å². The number of piperazine rings is 2. The van der Waals surface area contributed by atoms with Crippen LogP contribution in [0, 0.1) is 30.3 Å². The molecule has 2 rings (SSSR count). The number of rotatable bonds is 11. The number of nitrogens with one attached hydrogen (secondary N) is 2. The Morgan fingerprint density at radius 1 is 0.595 bits per heavy atom. The van der Waals surface area contributed by atoms with Gasteiger partial charge in [0.25, 0.3) is 16.6 Å². The highest BCUT2D eigenvalue weighted by molar-refractivity contribution is 4.84. The summed E-state index contributed by atoms with van der Waals surface area (Å²) in [6.45, 7) is 8.56. The minimum atomic E-state index is -1.58. The van der Waals surface area contributed by atoms with Crippen molar-refractivity contribution in [3.63, 3.8) is 0 Å². The van der Waals surface area contributed by atoms with Crippen LogP contribution in [0.25, 0.3) is 0 Å². The second kappa shape index (κ2) is 16.7. The highest BCUT2D eigenvalue weighted by atomic mass is 16.6. The van der Waals surface area contributed by atoms with E-state index in [9.17, 15) is 40.6 Å². The van der Waals surface area contributed by atoms with Crippen molar-refractivity contribution in [2.75, 3.05) is 91.9 Å². The van der Waals surface area contributed by atoms with Crippen molar-refractivity contribution in [3.8, 4) is 0 Å². The molecule has 0 bridgehead atoms. The molecule has 2 aliphatic heterocycles. The van der Waals surface area contributed by atoms with Gasteiger partial charge in [-0.15, -0.1) is 0 Å². The second-order valence-electron chi connectivity index (χ2n) is 9.95. The van der Waals surface area contributed by atoms with Crippen LogP contribution < -0.4 is 10.6 Å². The minimum Gasteiger partial charge on any atom is -0.389 e. The Morgan fingerprint density at radius 2 is 0.838 bits per heavy atom. The van der Waals surface area contributed by atoms with Gasteiger partial charge in [-0.25, -0.2) is 0 Å². The molecule has 0 aromatic heterocycles. The maximum absolute atomic E-state index is 11.0. The maximum atomic E-state index is 11.0.